The molecule has 0 spiro atoms. The molecule has 4 nitrogen and oxygen atoms in total. The van der Waals surface area contributed by atoms with Gasteiger partial charge in [0.05, 0.1) is 0 Å². The predicted molar refractivity (Wildman–Crippen MR) is 81.4 cm³/mol. The second-order valence-electron chi connectivity index (χ2n) is 3.81. The molecular weight excluding hydrogens is 373 g/mol. The van der Waals surface area contributed by atoms with E-state index in [4.69, 9.17) is 16.3 Å². The van der Waals surface area contributed by atoms with Crippen LogP contribution in [0.15, 0.2) is 12.3 Å². The van der Waals surface area contributed by atoms with Crippen LogP contribution in [0.4, 0.5) is 5.82 Å². The van der Waals surface area contributed by atoms with E-state index in [0.717, 1.165) is 18.9 Å². The quantitative estimate of drug-likeness (QED) is 0.590. The van der Waals surface area contributed by atoms with Crippen molar-refractivity contribution in [2.75, 3.05) is 24.6 Å². The van der Waals surface area contributed by atoms with Crippen LogP contribution in [0.5, 0.6) is 0 Å². The minimum atomic E-state index is -0.387. The Labute approximate surface area is 138 Å². The van der Waals surface area contributed by atoms with Crippen LogP contribution in [0.25, 0.3) is 0 Å². The molecule has 0 bridgehead atoms. The van der Waals surface area contributed by atoms with Crippen molar-refractivity contribution in [2.24, 2.45) is 0 Å². The van der Waals surface area contributed by atoms with Crippen LogP contribution < -0.4 is 4.90 Å². The summed E-state index contributed by atoms with van der Waals surface area (Å²) >= 11 is 8.73. The number of pyridine rings is 1. The monoisotopic (exact) mass is 386 g/mol. The molecule has 1 aromatic heterocycles. The Bertz CT molecular complexity index is 442. The number of halogens is 3. The standard InChI is InChI=1S/C11H12AsClN2O2.2ClH/c1-2-17-11(16)7-3-9(13)10(14-4-7)15-5-8(12)6-15;;/h3-4,8H,2,5-6H2,1H3;2*1H. The maximum atomic E-state index is 11.5. The summed E-state index contributed by atoms with van der Waals surface area (Å²) in [7, 11) is 0. The van der Waals surface area contributed by atoms with Crippen LogP contribution in [-0.2, 0) is 4.74 Å². The van der Waals surface area contributed by atoms with Gasteiger partial charge in [0, 0.05) is 0 Å². The van der Waals surface area contributed by atoms with Crippen molar-refractivity contribution in [3.05, 3.63) is 22.8 Å². The smallest absolute Gasteiger partial charge is 0.147 e. The predicted octanol–water partition coefficient (Wildman–Crippen LogP) is 2.53. The molecule has 0 saturated carbocycles. The van der Waals surface area contributed by atoms with Crippen LogP contribution in [0.3, 0.4) is 0 Å². The minimum Gasteiger partial charge on any atom is -0.147 e. The van der Waals surface area contributed by atoms with E-state index in [-0.39, 0.29) is 30.8 Å². The molecule has 1 aromatic rings. The van der Waals surface area contributed by atoms with E-state index in [1.165, 1.54) is 6.20 Å². The molecule has 0 aromatic carbocycles. The topological polar surface area (TPSA) is 42.4 Å². The molecule has 1 fully saturated rings. The van der Waals surface area contributed by atoms with Crippen molar-refractivity contribution in [1.82, 2.24) is 4.98 Å². The molecule has 0 amide bonds. The van der Waals surface area contributed by atoms with Crippen LogP contribution >= 0.6 is 36.4 Å². The molecular formula is C11H14AsCl3N2O2. The molecule has 106 valence electrons. The summed E-state index contributed by atoms with van der Waals surface area (Å²) in [5.74, 6) is 0.351. The normalized spacial score (nSPS) is 13.9. The number of nitrogens with zero attached hydrogens (tertiary/aromatic N) is 2. The number of carbonyl (C=O) groups is 1. The van der Waals surface area contributed by atoms with Gasteiger partial charge in [-0.05, 0) is 0 Å². The first-order chi connectivity index (χ1) is 8.11. The molecule has 1 aliphatic rings. The summed E-state index contributed by atoms with van der Waals surface area (Å²) in [6.45, 7) is 3.98. The van der Waals surface area contributed by atoms with Gasteiger partial charge < -0.3 is 0 Å². The van der Waals surface area contributed by atoms with Crippen LogP contribution in [0.2, 0.25) is 9.73 Å². The van der Waals surface area contributed by atoms with Gasteiger partial charge in [-0.15, -0.1) is 24.8 Å². The van der Waals surface area contributed by atoms with Crippen molar-refractivity contribution < 1.29 is 9.53 Å². The van der Waals surface area contributed by atoms with Crippen molar-refractivity contribution in [2.45, 2.75) is 11.6 Å². The number of hydrogen-bond acceptors (Lipinski definition) is 4. The Morgan fingerprint density at radius 2 is 2.21 bits per heavy atom. The van der Waals surface area contributed by atoms with Crippen molar-refractivity contribution in [1.29, 1.82) is 0 Å². The third kappa shape index (κ3) is 4.42. The first kappa shape index (κ1) is 18.8. The van der Waals surface area contributed by atoms with Crippen LogP contribution in [-0.4, -0.2) is 47.5 Å². The van der Waals surface area contributed by atoms with E-state index < -0.39 is 0 Å². The fourth-order valence-corrected chi connectivity index (χ4v) is 2.73. The van der Waals surface area contributed by atoms with Crippen LogP contribution in [0.1, 0.15) is 17.3 Å². The molecule has 2 heterocycles. The largest absolute Gasteiger partial charge is 0.147 e. The average molecular weight is 388 g/mol. The fraction of sp³-hybridized carbons (Fsp3) is 0.455. The second kappa shape index (κ2) is 8.21. The number of ether oxygens (including phenoxy) is 1. The summed E-state index contributed by atoms with van der Waals surface area (Å²) in [6, 6.07) is 1.61. The molecule has 2 radical (unpaired) electrons. The Kier molecular flexibility index (Phi) is 8.14. The number of carbonyl (C=O) groups excluding carboxylic acids is 1. The molecule has 19 heavy (non-hydrogen) atoms. The fourth-order valence-electron chi connectivity index (χ4n) is 1.62. The number of anilines is 1. The Morgan fingerprint density at radius 3 is 2.68 bits per heavy atom. The summed E-state index contributed by atoms with van der Waals surface area (Å²) in [4.78, 5) is 17.8. The molecule has 1 saturated heterocycles. The van der Waals surface area contributed by atoms with Gasteiger partial charge in [-0.2, -0.15) is 0 Å². The van der Waals surface area contributed by atoms with E-state index in [1.807, 2.05) is 0 Å². The van der Waals surface area contributed by atoms with Crippen molar-refractivity contribution >= 4 is 65.1 Å². The third-order valence-electron chi connectivity index (χ3n) is 2.49. The maximum Gasteiger partial charge on any atom is -0.147 e. The zero-order valence-electron chi connectivity index (χ0n) is 10.2. The number of aromatic nitrogens is 1. The van der Waals surface area contributed by atoms with Gasteiger partial charge in [0.2, 0.25) is 0 Å². The molecule has 0 aliphatic carbocycles. The number of esters is 1. The zero-order chi connectivity index (χ0) is 12.4. The van der Waals surface area contributed by atoms with Crippen LogP contribution in [0, 0.1) is 0 Å². The summed E-state index contributed by atoms with van der Waals surface area (Å²) in [5, 5.41) is 0.495. The molecule has 0 unspecified atom stereocenters. The van der Waals surface area contributed by atoms with E-state index in [0.29, 0.717) is 21.9 Å². The van der Waals surface area contributed by atoms with E-state index >= 15 is 0 Å². The van der Waals surface area contributed by atoms with Crippen molar-refractivity contribution in [3.8, 4) is 0 Å². The molecule has 0 N–H and O–H groups in total. The number of hydrogen-bond donors (Lipinski definition) is 0. The van der Waals surface area contributed by atoms with Gasteiger partial charge in [0.15, 0.2) is 0 Å². The Balaban J connectivity index is 0.00000162. The van der Waals surface area contributed by atoms with Gasteiger partial charge in [0.25, 0.3) is 0 Å². The van der Waals surface area contributed by atoms with E-state index in [1.54, 1.807) is 13.0 Å². The average Bonchev–Trinajstić information content (AvgIpc) is 2.25. The van der Waals surface area contributed by atoms with Gasteiger partial charge in [-0.1, -0.05) is 0 Å². The second-order valence-corrected chi connectivity index (χ2v) is 5.75. The van der Waals surface area contributed by atoms with Gasteiger partial charge in [-0.3, -0.25) is 0 Å². The maximum absolute atomic E-state index is 11.5. The molecule has 8 heteroatoms. The first-order valence-corrected chi connectivity index (χ1v) is 6.83. The summed E-state index contributed by atoms with van der Waals surface area (Å²) in [6.07, 6.45) is 1.51. The third-order valence-corrected chi connectivity index (χ3v) is 3.46. The molecule has 1 aliphatic heterocycles. The summed E-state index contributed by atoms with van der Waals surface area (Å²) in [5.41, 5.74) is 0.393. The molecule has 2 rings (SSSR count). The Morgan fingerprint density at radius 1 is 1.58 bits per heavy atom. The minimum absolute atomic E-state index is 0. The van der Waals surface area contributed by atoms with Crippen molar-refractivity contribution in [3.63, 3.8) is 0 Å². The summed E-state index contributed by atoms with van der Waals surface area (Å²) < 4.78 is 5.50. The Hall–Kier alpha value is -0.152. The van der Waals surface area contributed by atoms with Gasteiger partial charge in [0.1, 0.15) is 0 Å². The number of rotatable bonds is 3. The van der Waals surface area contributed by atoms with E-state index in [2.05, 4.69) is 26.7 Å². The van der Waals surface area contributed by atoms with E-state index in [9.17, 15) is 4.79 Å². The zero-order valence-corrected chi connectivity index (χ0v) is 14.5. The van der Waals surface area contributed by atoms with Gasteiger partial charge in [-0.25, -0.2) is 0 Å². The first-order valence-electron chi connectivity index (χ1n) is 5.37. The SMILES string of the molecule is CCOC(=O)c1cnc(N2CC([As])C2)c(Cl)c1.Cl.Cl. The molecule has 0 atom stereocenters. The van der Waals surface area contributed by atoms with Gasteiger partial charge >= 0.3 is 114 Å².